The van der Waals surface area contributed by atoms with Crippen molar-refractivity contribution in [1.82, 2.24) is 20.4 Å². The lowest BCUT2D eigenvalue weighted by Gasteiger charge is -2.31. The Bertz CT molecular complexity index is 811. The highest BCUT2D eigenvalue weighted by molar-refractivity contribution is 6.05. The van der Waals surface area contributed by atoms with Gasteiger partial charge in [-0.1, -0.05) is 12.1 Å². The number of hydrogen-bond donors (Lipinski definition) is 2. The van der Waals surface area contributed by atoms with E-state index in [1.165, 1.54) is 12.0 Å². The summed E-state index contributed by atoms with van der Waals surface area (Å²) in [6, 6.07) is 6.12. The number of amides is 3. The summed E-state index contributed by atoms with van der Waals surface area (Å²) in [7, 11) is 0. The van der Waals surface area contributed by atoms with Gasteiger partial charge in [0, 0.05) is 44.2 Å². The molecule has 4 aliphatic heterocycles. The van der Waals surface area contributed by atoms with Gasteiger partial charge in [-0.25, -0.2) is 0 Å². The van der Waals surface area contributed by atoms with E-state index < -0.39 is 6.04 Å². The van der Waals surface area contributed by atoms with Crippen LogP contribution >= 0.6 is 0 Å². The maximum atomic E-state index is 12.8. The van der Waals surface area contributed by atoms with Crippen molar-refractivity contribution in [2.75, 3.05) is 19.6 Å². The molecule has 27 heavy (non-hydrogen) atoms. The zero-order valence-corrected chi connectivity index (χ0v) is 15.2. The Kier molecular flexibility index (Phi) is 4.02. The predicted octanol–water partition coefficient (Wildman–Crippen LogP) is 0.241. The van der Waals surface area contributed by atoms with E-state index in [2.05, 4.69) is 21.6 Å². The summed E-state index contributed by atoms with van der Waals surface area (Å²) in [5.74, 6) is 0.0330. The number of carbonyl (C=O) groups excluding carboxylic acids is 3. The highest BCUT2D eigenvalue weighted by atomic mass is 16.2. The first kappa shape index (κ1) is 16.9. The number of hydrogen-bond acceptors (Lipinski definition) is 5. The molecule has 3 saturated heterocycles. The zero-order chi connectivity index (χ0) is 18.5. The normalized spacial score (nSPS) is 30.6. The summed E-state index contributed by atoms with van der Waals surface area (Å²) in [6.45, 7) is 4.67. The Morgan fingerprint density at radius 2 is 2.04 bits per heavy atom. The molecule has 0 radical (unpaired) electrons. The number of imide groups is 1. The number of piperidine rings is 2. The van der Waals surface area contributed by atoms with Gasteiger partial charge in [-0.3, -0.25) is 24.6 Å². The first-order valence-electron chi connectivity index (χ1n) is 9.79. The van der Waals surface area contributed by atoms with Crippen LogP contribution in [-0.4, -0.2) is 59.2 Å². The van der Waals surface area contributed by atoms with Crippen molar-refractivity contribution in [3.63, 3.8) is 0 Å². The smallest absolute Gasteiger partial charge is 0.255 e. The molecule has 0 aromatic heterocycles. The number of nitrogens with one attached hydrogen (secondary N) is 2. The summed E-state index contributed by atoms with van der Waals surface area (Å²) in [5, 5.41) is 5.93. The lowest BCUT2D eigenvalue weighted by molar-refractivity contribution is -0.136. The van der Waals surface area contributed by atoms with E-state index in [1.807, 2.05) is 12.1 Å². The quantitative estimate of drug-likeness (QED) is 0.747. The van der Waals surface area contributed by atoms with E-state index in [4.69, 9.17) is 0 Å². The molecule has 4 heterocycles. The minimum atomic E-state index is -0.546. The van der Waals surface area contributed by atoms with Crippen LogP contribution in [0, 0.1) is 5.92 Å². The molecule has 3 unspecified atom stereocenters. The molecular weight excluding hydrogens is 344 g/mol. The third-order valence-electron chi connectivity index (χ3n) is 6.30. The fourth-order valence-electron chi connectivity index (χ4n) is 5.05. The third-order valence-corrected chi connectivity index (χ3v) is 6.30. The molecule has 0 aliphatic carbocycles. The van der Waals surface area contributed by atoms with Gasteiger partial charge in [0.1, 0.15) is 6.04 Å². The second-order valence-electron chi connectivity index (χ2n) is 8.29. The number of rotatable bonds is 3. The van der Waals surface area contributed by atoms with Crippen LogP contribution in [0.15, 0.2) is 18.2 Å². The number of carbonyl (C=O) groups is 3. The molecule has 142 valence electrons. The summed E-state index contributed by atoms with van der Waals surface area (Å²) in [5.41, 5.74) is 2.89. The van der Waals surface area contributed by atoms with Gasteiger partial charge in [0.2, 0.25) is 11.8 Å². The summed E-state index contributed by atoms with van der Waals surface area (Å²) in [6.07, 6.45) is 1.98. The van der Waals surface area contributed by atoms with Crippen molar-refractivity contribution in [1.29, 1.82) is 0 Å². The minimum absolute atomic E-state index is 0.105. The fourth-order valence-corrected chi connectivity index (χ4v) is 5.05. The topological polar surface area (TPSA) is 81.8 Å². The monoisotopic (exact) mass is 368 g/mol. The van der Waals surface area contributed by atoms with Crippen LogP contribution in [0.2, 0.25) is 0 Å². The van der Waals surface area contributed by atoms with E-state index >= 15 is 0 Å². The van der Waals surface area contributed by atoms with Gasteiger partial charge in [0.25, 0.3) is 5.91 Å². The van der Waals surface area contributed by atoms with Crippen LogP contribution in [0.5, 0.6) is 0 Å². The molecule has 3 fully saturated rings. The molecule has 5 rings (SSSR count). The van der Waals surface area contributed by atoms with Crippen molar-refractivity contribution in [3.05, 3.63) is 34.9 Å². The van der Waals surface area contributed by atoms with Crippen LogP contribution in [0.1, 0.15) is 40.7 Å². The first-order valence-corrected chi connectivity index (χ1v) is 9.79. The molecule has 2 bridgehead atoms. The SMILES string of the molecule is O=C1CCC(N2Cc3cc(CN4CC5CNC(C5)C4)ccc3C2=O)C(=O)N1. The van der Waals surface area contributed by atoms with Crippen molar-refractivity contribution in [2.45, 2.75) is 44.4 Å². The summed E-state index contributed by atoms with van der Waals surface area (Å²) < 4.78 is 0. The van der Waals surface area contributed by atoms with Crippen molar-refractivity contribution < 1.29 is 14.4 Å². The molecule has 7 heteroatoms. The summed E-state index contributed by atoms with van der Waals surface area (Å²) in [4.78, 5) is 40.4. The van der Waals surface area contributed by atoms with Crippen LogP contribution in [0.4, 0.5) is 0 Å². The second-order valence-corrected chi connectivity index (χ2v) is 8.29. The first-order chi connectivity index (χ1) is 13.1. The lowest BCUT2D eigenvalue weighted by atomic mass is 9.99. The molecule has 1 aromatic carbocycles. The average Bonchev–Trinajstić information content (AvgIpc) is 3.14. The van der Waals surface area contributed by atoms with E-state index in [0.29, 0.717) is 24.6 Å². The highest BCUT2D eigenvalue weighted by Crippen LogP contribution is 2.29. The molecule has 3 amide bonds. The molecule has 1 aromatic rings. The van der Waals surface area contributed by atoms with Gasteiger partial charge < -0.3 is 10.2 Å². The molecule has 0 saturated carbocycles. The van der Waals surface area contributed by atoms with Gasteiger partial charge in [0.15, 0.2) is 0 Å². The molecule has 7 nitrogen and oxygen atoms in total. The number of likely N-dealkylation sites (tertiary alicyclic amines) is 1. The number of fused-ring (bicyclic) bond motifs is 3. The zero-order valence-electron chi connectivity index (χ0n) is 15.2. The van der Waals surface area contributed by atoms with E-state index in [0.717, 1.165) is 37.7 Å². The Balaban J connectivity index is 1.30. The van der Waals surface area contributed by atoms with Gasteiger partial charge in [-0.05, 0) is 42.5 Å². The number of benzene rings is 1. The molecule has 3 atom stereocenters. The highest BCUT2D eigenvalue weighted by Gasteiger charge is 2.39. The molecule has 4 aliphatic rings. The van der Waals surface area contributed by atoms with Crippen molar-refractivity contribution in [3.8, 4) is 0 Å². The summed E-state index contributed by atoms with van der Waals surface area (Å²) >= 11 is 0. The minimum Gasteiger partial charge on any atom is -0.322 e. The van der Waals surface area contributed by atoms with Crippen molar-refractivity contribution in [2.24, 2.45) is 5.92 Å². The van der Waals surface area contributed by atoms with Gasteiger partial charge in [-0.15, -0.1) is 0 Å². The Hall–Kier alpha value is -2.25. The average molecular weight is 368 g/mol. The lowest BCUT2D eigenvalue weighted by Crippen LogP contribution is -2.52. The van der Waals surface area contributed by atoms with Crippen molar-refractivity contribution >= 4 is 17.7 Å². The van der Waals surface area contributed by atoms with E-state index in [1.54, 1.807) is 4.90 Å². The van der Waals surface area contributed by atoms with Crippen LogP contribution in [0.25, 0.3) is 0 Å². The van der Waals surface area contributed by atoms with Gasteiger partial charge in [-0.2, -0.15) is 0 Å². The molecule has 0 spiro atoms. The maximum absolute atomic E-state index is 12.8. The van der Waals surface area contributed by atoms with Crippen LogP contribution < -0.4 is 10.6 Å². The molecular formula is C20H24N4O3. The predicted molar refractivity (Wildman–Crippen MR) is 97.7 cm³/mol. The van der Waals surface area contributed by atoms with Crippen LogP contribution in [0.3, 0.4) is 0 Å². The third kappa shape index (κ3) is 3.04. The van der Waals surface area contributed by atoms with Gasteiger partial charge in [0.05, 0.1) is 0 Å². The second kappa shape index (κ2) is 6.42. The van der Waals surface area contributed by atoms with E-state index in [9.17, 15) is 14.4 Å². The Labute approximate surface area is 158 Å². The largest absolute Gasteiger partial charge is 0.322 e. The Morgan fingerprint density at radius 1 is 1.15 bits per heavy atom. The van der Waals surface area contributed by atoms with Gasteiger partial charge >= 0.3 is 0 Å². The standard InChI is InChI=1S/C20H24N4O3/c25-18-4-3-17(19(26)22-18)24-10-14-5-12(1-2-16(14)20(24)27)8-23-9-13-6-15(11-23)21-7-13/h1-2,5,13,15,17,21H,3-4,6-11H2,(H,22,25,26). The molecule has 2 N–H and O–H groups in total. The van der Waals surface area contributed by atoms with Crippen LogP contribution in [-0.2, 0) is 22.7 Å². The maximum Gasteiger partial charge on any atom is 0.255 e. The van der Waals surface area contributed by atoms with E-state index in [-0.39, 0.29) is 24.1 Å². The fraction of sp³-hybridized carbons (Fsp3) is 0.550. The number of nitrogens with zero attached hydrogens (tertiary/aromatic N) is 2. The Morgan fingerprint density at radius 3 is 2.85 bits per heavy atom.